The van der Waals surface area contributed by atoms with Crippen LogP contribution in [0.2, 0.25) is 0 Å². The molecule has 3 N–H and O–H groups in total. The Hall–Kier alpha value is -1.20. The monoisotopic (exact) mass is 281 g/mol. The van der Waals surface area contributed by atoms with Gasteiger partial charge < -0.3 is 10.9 Å². The largest absolute Gasteiger partial charge is 0.409 e. The van der Waals surface area contributed by atoms with Gasteiger partial charge in [0.1, 0.15) is 0 Å². The van der Waals surface area contributed by atoms with E-state index in [1.54, 1.807) is 0 Å². The molecule has 1 unspecified atom stereocenters. The zero-order chi connectivity index (χ0) is 14.3. The predicted octanol–water partition coefficient (Wildman–Crippen LogP) is 2.35. The Balaban J connectivity index is 2.67. The molecule has 0 bridgehead atoms. The van der Waals surface area contributed by atoms with E-state index in [-0.39, 0.29) is 5.84 Å². The van der Waals surface area contributed by atoms with Gasteiger partial charge in [0.05, 0.1) is 0 Å². The molecule has 0 aliphatic carbocycles. The number of benzene rings is 1. The highest BCUT2D eigenvalue weighted by molar-refractivity contribution is 7.98. The van der Waals surface area contributed by atoms with Crippen LogP contribution < -0.4 is 5.73 Å². The third-order valence-electron chi connectivity index (χ3n) is 3.24. The first-order chi connectivity index (χ1) is 9.12. The van der Waals surface area contributed by atoms with E-state index < -0.39 is 0 Å². The highest BCUT2D eigenvalue weighted by Gasteiger charge is 2.12. The molecule has 0 aliphatic rings. The summed E-state index contributed by atoms with van der Waals surface area (Å²) < 4.78 is 0. The second-order valence-corrected chi connectivity index (χ2v) is 5.53. The van der Waals surface area contributed by atoms with Crippen molar-refractivity contribution >= 4 is 17.6 Å². The molecule has 1 rings (SSSR count). The predicted molar refractivity (Wildman–Crippen MR) is 82.9 cm³/mol. The molecule has 0 heterocycles. The van der Waals surface area contributed by atoms with Crippen molar-refractivity contribution in [1.82, 2.24) is 4.90 Å². The van der Waals surface area contributed by atoms with Crippen LogP contribution in [-0.4, -0.2) is 41.0 Å². The number of thioether (sulfide) groups is 1. The van der Waals surface area contributed by atoms with Crippen LogP contribution in [0.1, 0.15) is 24.5 Å². The van der Waals surface area contributed by atoms with Crippen LogP contribution >= 0.6 is 11.8 Å². The van der Waals surface area contributed by atoms with Gasteiger partial charge in [-0.3, -0.25) is 4.90 Å². The van der Waals surface area contributed by atoms with Crippen LogP contribution in [0.15, 0.2) is 29.4 Å². The summed E-state index contributed by atoms with van der Waals surface area (Å²) in [5.74, 6) is 1.29. The van der Waals surface area contributed by atoms with E-state index in [1.165, 1.54) is 5.56 Å². The molecule has 0 spiro atoms. The van der Waals surface area contributed by atoms with Gasteiger partial charge in [0.15, 0.2) is 5.84 Å². The van der Waals surface area contributed by atoms with Crippen molar-refractivity contribution in [3.8, 4) is 0 Å². The van der Waals surface area contributed by atoms with Gasteiger partial charge >= 0.3 is 0 Å². The van der Waals surface area contributed by atoms with E-state index in [0.29, 0.717) is 6.04 Å². The Labute approximate surface area is 119 Å². The number of oxime groups is 1. The Morgan fingerprint density at radius 3 is 2.53 bits per heavy atom. The summed E-state index contributed by atoms with van der Waals surface area (Å²) in [7, 11) is 2.15. The first kappa shape index (κ1) is 15.9. The van der Waals surface area contributed by atoms with Gasteiger partial charge in [0, 0.05) is 23.9 Å². The molecule has 1 aromatic carbocycles. The minimum atomic E-state index is 0.147. The minimum Gasteiger partial charge on any atom is -0.409 e. The molecule has 0 saturated heterocycles. The van der Waals surface area contributed by atoms with E-state index in [4.69, 9.17) is 10.9 Å². The third kappa shape index (κ3) is 4.76. The Kier molecular flexibility index (Phi) is 6.73. The first-order valence-corrected chi connectivity index (χ1v) is 7.77. The van der Waals surface area contributed by atoms with Gasteiger partial charge in [-0.2, -0.15) is 11.8 Å². The Bertz CT molecular complexity index is 406. The van der Waals surface area contributed by atoms with Gasteiger partial charge in [-0.15, -0.1) is 0 Å². The SMILES string of the molecule is CCC(CSC)N(C)Cc1ccc(/C(N)=N/O)cc1. The topological polar surface area (TPSA) is 61.8 Å². The molecular formula is C14H23N3OS. The van der Waals surface area contributed by atoms with Crippen LogP contribution in [0.3, 0.4) is 0 Å². The normalized spacial score (nSPS) is 13.8. The van der Waals surface area contributed by atoms with Gasteiger partial charge in [-0.1, -0.05) is 36.3 Å². The average molecular weight is 281 g/mol. The molecule has 19 heavy (non-hydrogen) atoms. The maximum atomic E-state index is 8.62. The standard InChI is InChI=1S/C14H23N3OS/c1-4-13(10-19-3)17(2)9-11-5-7-12(8-6-11)14(15)16-18/h5-8,13,18H,4,9-10H2,1-3H3,(H2,15,16). The number of rotatable bonds is 7. The van der Waals surface area contributed by atoms with Crippen LogP contribution in [-0.2, 0) is 6.54 Å². The summed E-state index contributed by atoms with van der Waals surface area (Å²) >= 11 is 1.88. The fraction of sp³-hybridized carbons (Fsp3) is 0.500. The molecule has 106 valence electrons. The van der Waals surface area contributed by atoms with Crippen molar-refractivity contribution < 1.29 is 5.21 Å². The molecule has 1 aromatic rings. The fourth-order valence-corrected chi connectivity index (χ4v) is 2.88. The lowest BCUT2D eigenvalue weighted by Gasteiger charge is -2.26. The number of hydrogen-bond donors (Lipinski definition) is 2. The number of hydrogen-bond acceptors (Lipinski definition) is 4. The maximum absolute atomic E-state index is 8.62. The molecule has 1 atom stereocenters. The van der Waals surface area contributed by atoms with Crippen molar-refractivity contribution in [3.63, 3.8) is 0 Å². The zero-order valence-corrected chi connectivity index (χ0v) is 12.7. The lowest BCUT2D eigenvalue weighted by Crippen LogP contribution is -2.32. The fourth-order valence-electron chi connectivity index (χ4n) is 2.00. The molecule has 0 aliphatic heterocycles. The van der Waals surface area contributed by atoms with Crippen molar-refractivity contribution in [2.45, 2.75) is 25.9 Å². The molecular weight excluding hydrogens is 258 g/mol. The molecule has 5 heteroatoms. The van der Waals surface area contributed by atoms with Crippen molar-refractivity contribution in [3.05, 3.63) is 35.4 Å². The van der Waals surface area contributed by atoms with Crippen LogP contribution in [0, 0.1) is 0 Å². The van der Waals surface area contributed by atoms with Crippen molar-refractivity contribution in [2.75, 3.05) is 19.1 Å². The lowest BCUT2D eigenvalue weighted by molar-refractivity contribution is 0.248. The second-order valence-electron chi connectivity index (χ2n) is 4.61. The second kappa shape index (κ2) is 8.07. The molecule has 0 fully saturated rings. The quantitative estimate of drug-likeness (QED) is 0.348. The van der Waals surface area contributed by atoms with Gasteiger partial charge in [-0.25, -0.2) is 0 Å². The maximum Gasteiger partial charge on any atom is 0.170 e. The minimum absolute atomic E-state index is 0.147. The van der Waals surface area contributed by atoms with E-state index in [1.807, 2.05) is 36.0 Å². The summed E-state index contributed by atoms with van der Waals surface area (Å²) in [6.45, 7) is 3.13. The van der Waals surface area contributed by atoms with E-state index in [0.717, 1.165) is 24.3 Å². The summed E-state index contributed by atoms with van der Waals surface area (Å²) in [6.07, 6.45) is 3.29. The van der Waals surface area contributed by atoms with Gasteiger partial charge in [0.2, 0.25) is 0 Å². The third-order valence-corrected chi connectivity index (χ3v) is 3.96. The lowest BCUT2D eigenvalue weighted by atomic mass is 10.1. The van der Waals surface area contributed by atoms with Gasteiger partial charge in [-0.05, 0) is 25.3 Å². The van der Waals surface area contributed by atoms with E-state index in [2.05, 4.69) is 30.3 Å². The van der Waals surface area contributed by atoms with Crippen molar-refractivity contribution in [2.24, 2.45) is 10.9 Å². The first-order valence-electron chi connectivity index (χ1n) is 6.38. The summed E-state index contributed by atoms with van der Waals surface area (Å²) in [6, 6.07) is 8.41. The number of nitrogens with zero attached hydrogens (tertiary/aromatic N) is 2. The van der Waals surface area contributed by atoms with Crippen molar-refractivity contribution in [1.29, 1.82) is 0 Å². The average Bonchev–Trinajstić information content (AvgIpc) is 2.44. The summed E-state index contributed by atoms with van der Waals surface area (Å²) in [5, 5.41) is 11.6. The Morgan fingerprint density at radius 2 is 2.05 bits per heavy atom. The highest BCUT2D eigenvalue weighted by Crippen LogP contribution is 2.13. The Morgan fingerprint density at radius 1 is 1.42 bits per heavy atom. The van der Waals surface area contributed by atoms with E-state index in [9.17, 15) is 0 Å². The smallest absolute Gasteiger partial charge is 0.170 e. The molecule has 4 nitrogen and oxygen atoms in total. The molecule has 0 saturated carbocycles. The molecule has 0 radical (unpaired) electrons. The number of nitrogens with two attached hydrogens (primary N) is 1. The number of amidine groups is 1. The molecule has 0 aromatic heterocycles. The zero-order valence-electron chi connectivity index (χ0n) is 11.8. The van der Waals surface area contributed by atoms with Gasteiger partial charge in [0.25, 0.3) is 0 Å². The van der Waals surface area contributed by atoms with Crippen LogP contribution in [0.4, 0.5) is 0 Å². The van der Waals surface area contributed by atoms with Crippen LogP contribution in [0.5, 0.6) is 0 Å². The summed E-state index contributed by atoms with van der Waals surface area (Å²) in [4.78, 5) is 2.37. The molecule has 0 amide bonds. The highest BCUT2D eigenvalue weighted by atomic mass is 32.2. The van der Waals surface area contributed by atoms with Crippen LogP contribution in [0.25, 0.3) is 0 Å². The van der Waals surface area contributed by atoms with E-state index >= 15 is 0 Å². The summed E-state index contributed by atoms with van der Waals surface area (Å²) in [5.41, 5.74) is 7.52.